The number of aryl methyl sites for hydroxylation is 2. The summed E-state index contributed by atoms with van der Waals surface area (Å²) in [6.45, 7) is 3.85. The van der Waals surface area contributed by atoms with Crippen LogP contribution < -0.4 is 5.73 Å². The molecular formula is C12H13N3. The van der Waals surface area contributed by atoms with Crippen LogP contribution in [-0.2, 0) is 0 Å². The highest BCUT2D eigenvalue weighted by Crippen LogP contribution is 2.26. The second-order valence-corrected chi connectivity index (χ2v) is 3.50. The third-order valence-electron chi connectivity index (χ3n) is 2.35. The lowest BCUT2D eigenvalue weighted by Crippen LogP contribution is -1.96. The van der Waals surface area contributed by atoms with Gasteiger partial charge in [0.1, 0.15) is 5.82 Å². The van der Waals surface area contributed by atoms with Crippen molar-refractivity contribution in [3.63, 3.8) is 0 Å². The normalized spacial score (nSPS) is 10.3. The van der Waals surface area contributed by atoms with Crippen molar-refractivity contribution in [3.05, 3.63) is 42.0 Å². The Labute approximate surface area is 89.0 Å². The smallest absolute Gasteiger partial charge is 0.125 e. The predicted molar refractivity (Wildman–Crippen MR) is 61.4 cm³/mol. The molecule has 0 radical (unpaired) electrons. The van der Waals surface area contributed by atoms with Crippen molar-refractivity contribution in [2.24, 2.45) is 0 Å². The van der Waals surface area contributed by atoms with Gasteiger partial charge in [0.25, 0.3) is 0 Å². The first-order chi connectivity index (χ1) is 7.18. The van der Waals surface area contributed by atoms with Crippen LogP contribution in [0.25, 0.3) is 11.1 Å². The van der Waals surface area contributed by atoms with Crippen molar-refractivity contribution in [2.75, 3.05) is 5.73 Å². The van der Waals surface area contributed by atoms with Crippen LogP contribution in [0.5, 0.6) is 0 Å². The maximum Gasteiger partial charge on any atom is 0.125 e. The molecule has 0 bridgehead atoms. The molecule has 0 spiro atoms. The van der Waals surface area contributed by atoms with Gasteiger partial charge in [-0.2, -0.15) is 0 Å². The summed E-state index contributed by atoms with van der Waals surface area (Å²) in [7, 11) is 0. The van der Waals surface area contributed by atoms with E-state index in [1.54, 1.807) is 0 Å². The van der Waals surface area contributed by atoms with Gasteiger partial charge in [0.15, 0.2) is 0 Å². The zero-order valence-electron chi connectivity index (χ0n) is 8.86. The summed E-state index contributed by atoms with van der Waals surface area (Å²) in [6.07, 6.45) is 1.82. The summed E-state index contributed by atoms with van der Waals surface area (Å²) in [5.41, 5.74) is 9.61. The molecule has 0 saturated carbocycles. The number of hydrogen-bond acceptors (Lipinski definition) is 3. The van der Waals surface area contributed by atoms with Gasteiger partial charge in [0, 0.05) is 28.7 Å². The van der Waals surface area contributed by atoms with Gasteiger partial charge in [0.05, 0.1) is 0 Å². The summed E-state index contributed by atoms with van der Waals surface area (Å²) in [5.74, 6) is 0.783. The van der Waals surface area contributed by atoms with Crippen LogP contribution >= 0.6 is 0 Å². The van der Waals surface area contributed by atoms with E-state index >= 15 is 0 Å². The number of anilines is 1. The Morgan fingerprint density at radius 1 is 1.07 bits per heavy atom. The molecule has 0 amide bonds. The van der Waals surface area contributed by atoms with Gasteiger partial charge in [-0.1, -0.05) is 18.2 Å². The Hall–Kier alpha value is -1.90. The first-order valence-corrected chi connectivity index (χ1v) is 4.83. The monoisotopic (exact) mass is 199 g/mol. The lowest BCUT2D eigenvalue weighted by molar-refractivity contribution is 1.01. The van der Waals surface area contributed by atoms with E-state index in [0.29, 0.717) is 0 Å². The minimum atomic E-state index is 0.757. The van der Waals surface area contributed by atoms with Crippen LogP contribution in [-0.4, -0.2) is 9.97 Å². The lowest BCUT2D eigenvalue weighted by Gasteiger charge is -2.07. The van der Waals surface area contributed by atoms with Crippen LogP contribution in [0.1, 0.15) is 11.5 Å². The topological polar surface area (TPSA) is 51.8 Å². The van der Waals surface area contributed by atoms with Crippen molar-refractivity contribution in [1.29, 1.82) is 0 Å². The Morgan fingerprint density at radius 2 is 1.80 bits per heavy atom. The fourth-order valence-electron chi connectivity index (χ4n) is 1.59. The molecule has 1 aromatic heterocycles. The highest BCUT2D eigenvalue weighted by Gasteiger charge is 2.06. The number of para-hydroxylation sites is 1. The molecule has 0 fully saturated rings. The van der Waals surface area contributed by atoms with Crippen LogP contribution in [0, 0.1) is 13.8 Å². The molecule has 2 aromatic rings. The maximum absolute atomic E-state index is 5.90. The van der Waals surface area contributed by atoms with Crippen molar-refractivity contribution < 1.29 is 0 Å². The van der Waals surface area contributed by atoms with Crippen LogP contribution in [0.4, 0.5) is 5.69 Å². The molecule has 0 saturated heterocycles. The summed E-state index contributed by atoms with van der Waals surface area (Å²) < 4.78 is 0. The summed E-state index contributed by atoms with van der Waals surface area (Å²) >= 11 is 0. The van der Waals surface area contributed by atoms with Gasteiger partial charge in [-0.25, -0.2) is 9.97 Å². The second-order valence-electron chi connectivity index (χ2n) is 3.50. The van der Waals surface area contributed by atoms with E-state index in [9.17, 15) is 0 Å². The number of rotatable bonds is 1. The standard InChI is InChI=1S/C12H13N3/c1-8-11(7-14-9(2)15-8)10-5-3-4-6-12(10)13/h3-7H,13H2,1-2H3. The maximum atomic E-state index is 5.90. The van der Waals surface area contributed by atoms with Crippen molar-refractivity contribution in [1.82, 2.24) is 9.97 Å². The summed E-state index contributed by atoms with van der Waals surface area (Å²) in [6, 6.07) is 7.75. The fourth-order valence-corrected chi connectivity index (χ4v) is 1.59. The van der Waals surface area contributed by atoms with E-state index in [0.717, 1.165) is 28.3 Å². The zero-order valence-corrected chi connectivity index (χ0v) is 8.86. The van der Waals surface area contributed by atoms with E-state index in [4.69, 9.17) is 5.73 Å². The molecule has 1 aromatic carbocycles. The molecule has 0 aliphatic rings. The molecule has 1 heterocycles. The molecule has 0 aliphatic heterocycles. The third-order valence-corrected chi connectivity index (χ3v) is 2.35. The second kappa shape index (κ2) is 3.69. The number of aromatic nitrogens is 2. The first kappa shape index (κ1) is 9.65. The first-order valence-electron chi connectivity index (χ1n) is 4.83. The SMILES string of the molecule is Cc1ncc(-c2ccccc2N)c(C)n1. The van der Waals surface area contributed by atoms with Gasteiger partial charge in [-0.05, 0) is 19.9 Å². The summed E-state index contributed by atoms with van der Waals surface area (Å²) in [4.78, 5) is 8.52. The van der Waals surface area contributed by atoms with Crippen molar-refractivity contribution in [2.45, 2.75) is 13.8 Å². The van der Waals surface area contributed by atoms with Crippen LogP contribution in [0.2, 0.25) is 0 Å². The Kier molecular flexibility index (Phi) is 2.37. The van der Waals surface area contributed by atoms with Crippen molar-refractivity contribution >= 4 is 5.69 Å². The lowest BCUT2D eigenvalue weighted by atomic mass is 10.0. The number of hydrogen-bond donors (Lipinski definition) is 1. The molecule has 76 valence electrons. The molecular weight excluding hydrogens is 186 g/mol. The third kappa shape index (κ3) is 1.81. The summed E-state index contributed by atoms with van der Waals surface area (Å²) in [5, 5.41) is 0. The largest absolute Gasteiger partial charge is 0.398 e. The Bertz CT molecular complexity index is 492. The van der Waals surface area contributed by atoms with E-state index in [1.165, 1.54) is 0 Å². The molecule has 2 rings (SSSR count). The van der Waals surface area contributed by atoms with Gasteiger partial charge in [0.2, 0.25) is 0 Å². The van der Waals surface area contributed by atoms with Gasteiger partial charge >= 0.3 is 0 Å². The van der Waals surface area contributed by atoms with E-state index in [-0.39, 0.29) is 0 Å². The highest BCUT2D eigenvalue weighted by atomic mass is 14.9. The van der Waals surface area contributed by atoms with E-state index in [2.05, 4.69) is 9.97 Å². The van der Waals surface area contributed by atoms with Crippen molar-refractivity contribution in [3.8, 4) is 11.1 Å². The van der Waals surface area contributed by atoms with E-state index < -0.39 is 0 Å². The molecule has 15 heavy (non-hydrogen) atoms. The molecule has 0 atom stereocenters. The van der Waals surface area contributed by atoms with Gasteiger partial charge < -0.3 is 5.73 Å². The molecule has 0 unspecified atom stereocenters. The highest BCUT2D eigenvalue weighted by molar-refractivity contribution is 5.76. The van der Waals surface area contributed by atoms with Crippen LogP contribution in [0.15, 0.2) is 30.5 Å². The van der Waals surface area contributed by atoms with Gasteiger partial charge in [-0.15, -0.1) is 0 Å². The molecule has 0 aliphatic carbocycles. The van der Waals surface area contributed by atoms with Crippen LogP contribution in [0.3, 0.4) is 0 Å². The average Bonchev–Trinajstić information content (AvgIpc) is 2.20. The minimum absolute atomic E-state index is 0.757. The predicted octanol–water partition coefficient (Wildman–Crippen LogP) is 2.34. The van der Waals surface area contributed by atoms with E-state index in [1.807, 2.05) is 44.3 Å². The molecule has 3 heteroatoms. The molecule has 3 nitrogen and oxygen atoms in total. The number of nitrogens with two attached hydrogens (primary N) is 1. The Morgan fingerprint density at radius 3 is 2.47 bits per heavy atom. The number of benzene rings is 1. The fraction of sp³-hybridized carbons (Fsp3) is 0.167. The number of nitrogen functional groups attached to an aromatic ring is 1. The minimum Gasteiger partial charge on any atom is -0.398 e. The number of nitrogens with zero attached hydrogens (tertiary/aromatic N) is 2. The quantitative estimate of drug-likeness (QED) is 0.717. The average molecular weight is 199 g/mol. The zero-order chi connectivity index (χ0) is 10.8. The molecule has 2 N–H and O–H groups in total. The van der Waals surface area contributed by atoms with Gasteiger partial charge in [-0.3, -0.25) is 0 Å². The Balaban J connectivity index is 2.60.